The number of nitrogens with one attached hydrogen (secondary N) is 1. The number of anilines is 1. The molecule has 0 fully saturated rings. The lowest BCUT2D eigenvalue weighted by atomic mass is 10.1. The molecular formula is C10H12N2O3. The van der Waals surface area contributed by atoms with Crippen molar-refractivity contribution in [2.75, 3.05) is 5.32 Å². The lowest BCUT2D eigenvalue weighted by Crippen LogP contribution is -2.08. The topological polar surface area (TPSA) is 72.2 Å². The standard InChI is InChI=1S/C10H12N2O3/c1-3-8-4-5-9(12(14)15)6-10(8)11-7(2)13/h4-6H,3H2,1-2H3,(H,11,13). The summed E-state index contributed by atoms with van der Waals surface area (Å²) in [5, 5.41) is 13.1. The van der Waals surface area contributed by atoms with Crippen LogP contribution in [0, 0.1) is 10.1 Å². The van der Waals surface area contributed by atoms with Crippen LogP contribution in [0.25, 0.3) is 0 Å². The minimum Gasteiger partial charge on any atom is -0.326 e. The van der Waals surface area contributed by atoms with Crippen molar-refractivity contribution in [3.8, 4) is 0 Å². The summed E-state index contributed by atoms with van der Waals surface area (Å²) < 4.78 is 0. The van der Waals surface area contributed by atoms with Crippen molar-refractivity contribution in [2.24, 2.45) is 0 Å². The minimum atomic E-state index is -0.481. The highest BCUT2D eigenvalue weighted by molar-refractivity contribution is 5.90. The number of amides is 1. The van der Waals surface area contributed by atoms with Crippen LogP contribution < -0.4 is 5.32 Å². The first-order valence-electron chi connectivity index (χ1n) is 4.59. The number of carbonyl (C=O) groups excluding carboxylic acids is 1. The predicted octanol–water partition coefficient (Wildman–Crippen LogP) is 2.12. The largest absolute Gasteiger partial charge is 0.326 e. The van der Waals surface area contributed by atoms with Gasteiger partial charge in [0, 0.05) is 19.1 Å². The Morgan fingerprint density at radius 2 is 2.20 bits per heavy atom. The van der Waals surface area contributed by atoms with Crippen LogP contribution in [-0.2, 0) is 11.2 Å². The molecule has 1 N–H and O–H groups in total. The van der Waals surface area contributed by atoms with Gasteiger partial charge in [-0.2, -0.15) is 0 Å². The lowest BCUT2D eigenvalue weighted by molar-refractivity contribution is -0.384. The van der Waals surface area contributed by atoms with Gasteiger partial charge >= 0.3 is 0 Å². The summed E-state index contributed by atoms with van der Waals surface area (Å²) in [7, 11) is 0. The number of hydrogen-bond acceptors (Lipinski definition) is 3. The Hall–Kier alpha value is -1.91. The van der Waals surface area contributed by atoms with Gasteiger partial charge in [-0.1, -0.05) is 13.0 Å². The van der Waals surface area contributed by atoms with Gasteiger partial charge in [0.1, 0.15) is 0 Å². The quantitative estimate of drug-likeness (QED) is 0.610. The molecule has 1 amide bonds. The van der Waals surface area contributed by atoms with Crippen molar-refractivity contribution in [1.29, 1.82) is 0 Å². The second-order valence-corrected chi connectivity index (χ2v) is 3.13. The van der Waals surface area contributed by atoms with Gasteiger partial charge in [0.25, 0.3) is 5.69 Å². The molecule has 0 atom stereocenters. The zero-order chi connectivity index (χ0) is 11.4. The SMILES string of the molecule is CCc1ccc([N+](=O)[O-])cc1NC(C)=O. The Balaban J connectivity index is 3.12. The molecule has 5 nitrogen and oxygen atoms in total. The molecule has 0 aromatic heterocycles. The Bertz CT molecular complexity index is 402. The number of aryl methyl sites for hydroxylation is 1. The first-order valence-corrected chi connectivity index (χ1v) is 4.59. The van der Waals surface area contributed by atoms with Crippen LogP contribution in [0.5, 0.6) is 0 Å². The van der Waals surface area contributed by atoms with Crippen molar-refractivity contribution in [3.63, 3.8) is 0 Å². The predicted molar refractivity (Wildman–Crippen MR) is 56.8 cm³/mol. The number of benzene rings is 1. The molecule has 15 heavy (non-hydrogen) atoms. The summed E-state index contributed by atoms with van der Waals surface area (Å²) in [5.41, 5.74) is 1.38. The maximum Gasteiger partial charge on any atom is 0.271 e. The molecule has 1 rings (SSSR count). The van der Waals surface area contributed by atoms with Gasteiger partial charge in [-0.3, -0.25) is 14.9 Å². The van der Waals surface area contributed by atoms with E-state index in [1.165, 1.54) is 19.1 Å². The molecule has 0 aliphatic heterocycles. The summed E-state index contributed by atoms with van der Waals surface area (Å²) >= 11 is 0. The molecule has 1 aromatic carbocycles. The first kappa shape index (κ1) is 11.2. The maximum atomic E-state index is 10.9. The summed E-state index contributed by atoms with van der Waals surface area (Å²) in [5.74, 6) is -0.231. The van der Waals surface area contributed by atoms with Gasteiger partial charge in [0.15, 0.2) is 0 Å². The fourth-order valence-corrected chi connectivity index (χ4v) is 1.29. The molecule has 0 bridgehead atoms. The molecule has 0 saturated carbocycles. The summed E-state index contributed by atoms with van der Waals surface area (Å²) in [6.07, 6.45) is 0.716. The average Bonchev–Trinajstić information content (AvgIpc) is 2.16. The number of nitrogens with zero attached hydrogens (tertiary/aromatic N) is 1. The van der Waals surface area contributed by atoms with E-state index in [0.29, 0.717) is 12.1 Å². The highest BCUT2D eigenvalue weighted by Gasteiger charge is 2.10. The number of non-ortho nitro benzene ring substituents is 1. The Labute approximate surface area is 87.3 Å². The third kappa shape index (κ3) is 2.77. The highest BCUT2D eigenvalue weighted by atomic mass is 16.6. The Morgan fingerprint density at radius 3 is 2.67 bits per heavy atom. The molecule has 0 aliphatic rings. The monoisotopic (exact) mass is 208 g/mol. The van der Waals surface area contributed by atoms with Crippen molar-refractivity contribution >= 4 is 17.3 Å². The number of nitro groups is 1. The minimum absolute atomic E-state index is 0.0176. The summed E-state index contributed by atoms with van der Waals surface area (Å²) in [6.45, 7) is 3.30. The van der Waals surface area contributed by atoms with Gasteiger partial charge in [-0.15, -0.1) is 0 Å². The second-order valence-electron chi connectivity index (χ2n) is 3.13. The number of nitro benzene ring substituents is 1. The molecule has 0 spiro atoms. The van der Waals surface area contributed by atoms with E-state index in [2.05, 4.69) is 5.32 Å². The highest BCUT2D eigenvalue weighted by Crippen LogP contribution is 2.22. The van der Waals surface area contributed by atoms with Crippen LogP contribution in [0.3, 0.4) is 0 Å². The molecule has 0 radical (unpaired) electrons. The van der Waals surface area contributed by atoms with Gasteiger partial charge in [0.2, 0.25) is 5.91 Å². The molecule has 5 heteroatoms. The van der Waals surface area contributed by atoms with Crippen molar-refractivity contribution in [1.82, 2.24) is 0 Å². The second kappa shape index (κ2) is 4.54. The van der Waals surface area contributed by atoms with Gasteiger partial charge in [-0.25, -0.2) is 0 Å². The fourth-order valence-electron chi connectivity index (χ4n) is 1.29. The zero-order valence-corrected chi connectivity index (χ0v) is 8.61. The molecule has 0 aliphatic carbocycles. The lowest BCUT2D eigenvalue weighted by Gasteiger charge is -2.07. The van der Waals surface area contributed by atoms with Crippen LogP contribution >= 0.6 is 0 Å². The van der Waals surface area contributed by atoms with Crippen LogP contribution in [0.15, 0.2) is 18.2 Å². The molecule has 0 saturated heterocycles. The van der Waals surface area contributed by atoms with Crippen LogP contribution in [0.4, 0.5) is 11.4 Å². The van der Waals surface area contributed by atoms with Crippen molar-refractivity contribution < 1.29 is 9.72 Å². The molecule has 80 valence electrons. The first-order chi connectivity index (χ1) is 7.04. The molecule has 1 aromatic rings. The zero-order valence-electron chi connectivity index (χ0n) is 8.61. The van der Waals surface area contributed by atoms with Crippen LogP contribution in [0.2, 0.25) is 0 Å². The van der Waals surface area contributed by atoms with Crippen molar-refractivity contribution in [2.45, 2.75) is 20.3 Å². The summed E-state index contributed by atoms with van der Waals surface area (Å²) in [4.78, 5) is 20.9. The Morgan fingerprint density at radius 1 is 1.53 bits per heavy atom. The average molecular weight is 208 g/mol. The van der Waals surface area contributed by atoms with Gasteiger partial charge < -0.3 is 5.32 Å². The van der Waals surface area contributed by atoms with E-state index in [4.69, 9.17) is 0 Å². The van der Waals surface area contributed by atoms with Gasteiger partial charge in [0.05, 0.1) is 10.6 Å². The van der Waals surface area contributed by atoms with E-state index in [0.717, 1.165) is 5.56 Å². The van der Waals surface area contributed by atoms with E-state index in [1.54, 1.807) is 6.07 Å². The normalized spacial score (nSPS) is 9.73. The number of hydrogen-bond donors (Lipinski definition) is 1. The molecule has 0 unspecified atom stereocenters. The van der Waals surface area contributed by atoms with Crippen LogP contribution in [0.1, 0.15) is 19.4 Å². The van der Waals surface area contributed by atoms with Crippen molar-refractivity contribution in [3.05, 3.63) is 33.9 Å². The molecule has 0 heterocycles. The van der Waals surface area contributed by atoms with Crippen LogP contribution in [-0.4, -0.2) is 10.8 Å². The fraction of sp³-hybridized carbons (Fsp3) is 0.300. The van der Waals surface area contributed by atoms with E-state index in [-0.39, 0.29) is 11.6 Å². The van der Waals surface area contributed by atoms with E-state index >= 15 is 0 Å². The smallest absolute Gasteiger partial charge is 0.271 e. The van der Waals surface area contributed by atoms with E-state index in [1.807, 2.05) is 6.92 Å². The third-order valence-electron chi connectivity index (χ3n) is 2.00. The Kier molecular flexibility index (Phi) is 3.38. The van der Waals surface area contributed by atoms with E-state index in [9.17, 15) is 14.9 Å². The third-order valence-corrected chi connectivity index (χ3v) is 2.00. The number of carbonyl (C=O) groups is 1. The van der Waals surface area contributed by atoms with Gasteiger partial charge in [-0.05, 0) is 12.0 Å². The molecular weight excluding hydrogens is 196 g/mol. The maximum absolute atomic E-state index is 10.9. The van der Waals surface area contributed by atoms with E-state index < -0.39 is 4.92 Å². The number of rotatable bonds is 3. The summed E-state index contributed by atoms with van der Waals surface area (Å²) in [6, 6.07) is 4.47.